The van der Waals surface area contributed by atoms with Gasteiger partial charge in [0.25, 0.3) is 0 Å². The van der Waals surface area contributed by atoms with Gasteiger partial charge >= 0.3 is 0 Å². The standard InChI is InChI=1S/C20H19Cl5N2O3/c1-13(14-4-5-19(25)26-12-14)27-30-8-3-2-7-29-20-16(21)10-15(11-17(20)22)28-9-6-18(23)24/h4-6,10-12H,2-3,7-9H2,1H3. The summed E-state index contributed by atoms with van der Waals surface area (Å²) in [7, 11) is 0. The van der Waals surface area contributed by atoms with Crippen LogP contribution in [0.5, 0.6) is 11.5 Å². The van der Waals surface area contributed by atoms with E-state index in [0.717, 1.165) is 24.1 Å². The highest BCUT2D eigenvalue weighted by atomic mass is 35.5. The lowest BCUT2D eigenvalue weighted by Crippen LogP contribution is -2.02. The molecule has 0 aliphatic heterocycles. The molecule has 0 saturated carbocycles. The normalized spacial score (nSPS) is 11.2. The van der Waals surface area contributed by atoms with Crippen LogP contribution in [-0.4, -0.2) is 30.5 Å². The second-order valence-corrected chi connectivity index (χ2v) is 8.17. The van der Waals surface area contributed by atoms with Crippen molar-refractivity contribution in [2.45, 2.75) is 19.8 Å². The molecule has 0 atom stereocenters. The van der Waals surface area contributed by atoms with Crippen LogP contribution >= 0.6 is 58.0 Å². The Kier molecular flexibility index (Phi) is 10.9. The number of pyridine rings is 1. The fourth-order valence-corrected chi connectivity index (χ4v) is 3.00. The van der Waals surface area contributed by atoms with Crippen molar-refractivity contribution in [2.24, 2.45) is 5.16 Å². The van der Waals surface area contributed by atoms with E-state index < -0.39 is 0 Å². The van der Waals surface area contributed by atoms with Crippen molar-refractivity contribution < 1.29 is 14.3 Å². The summed E-state index contributed by atoms with van der Waals surface area (Å²) in [5.74, 6) is 0.891. The molecule has 0 fully saturated rings. The molecule has 5 nitrogen and oxygen atoms in total. The van der Waals surface area contributed by atoms with E-state index in [2.05, 4.69) is 10.1 Å². The van der Waals surface area contributed by atoms with E-state index in [1.165, 1.54) is 6.08 Å². The van der Waals surface area contributed by atoms with Crippen molar-refractivity contribution >= 4 is 63.7 Å². The Bertz CT molecular complexity index is 862. The van der Waals surface area contributed by atoms with Gasteiger partial charge in [0.05, 0.1) is 22.4 Å². The van der Waals surface area contributed by atoms with Crippen LogP contribution in [0.3, 0.4) is 0 Å². The molecule has 2 aromatic rings. The van der Waals surface area contributed by atoms with Gasteiger partial charge in [-0.3, -0.25) is 0 Å². The van der Waals surface area contributed by atoms with Gasteiger partial charge in [-0.15, -0.1) is 0 Å². The number of oxime groups is 1. The first-order valence-corrected chi connectivity index (χ1v) is 10.8. The largest absolute Gasteiger partial charge is 0.490 e. The van der Waals surface area contributed by atoms with Gasteiger partial charge in [0.2, 0.25) is 0 Å². The van der Waals surface area contributed by atoms with Crippen LogP contribution in [0.25, 0.3) is 0 Å². The highest BCUT2D eigenvalue weighted by molar-refractivity contribution is 6.55. The molecule has 1 aromatic carbocycles. The van der Waals surface area contributed by atoms with E-state index in [1.54, 1.807) is 24.4 Å². The predicted octanol–water partition coefficient (Wildman–Crippen LogP) is 7.34. The third-order valence-electron chi connectivity index (χ3n) is 3.68. The van der Waals surface area contributed by atoms with Crippen molar-refractivity contribution in [1.29, 1.82) is 0 Å². The van der Waals surface area contributed by atoms with Crippen LogP contribution in [0.15, 0.2) is 46.2 Å². The summed E-state index contributed by atoms with van der Waals surface area (Å²) in [4.78, 5) is 9.34. The maximum Gasteiger partial charge on any atom is 0.156 e. The zero-order valence-electron chi connectivity index (χ0n) is 16.0. The SMILES string of the molecule is CC(=NOCCCCOc1c(Cl)cc(OCC=C(Cl)Cl)cc1Cl)c1ccc(Cl)nc1. The molecule has 2 rings (SSSR count). The molecule has 0 unspecified atom stereocenters. The molecule has 0 bridgehead atoms. The highest BCUT2D eigenvalue weighted by Crippen LogP contribution is 2.37. The van der Waals surface area contributed by atoms with Gasteiger partial charge in [-0.05, 0) is 38.0 Å². The molecule has 162 valence electrons. The summed E-state index contributed by atoms with van der Waals surface area (Å²) in [6, 6.07) is 6.77. The predicted molar refractivity (Wildman–Crippen MR) is 124 cm³/mol. The second kappa shape index (κ2) is 13.1. The van der Waals surface area contributed by atoms with E-state index in [1.807, 2.05) is 13.0 Å². The van der Waals surface area contributed by atoms with E-state index >= 15 is 0 Å². The summed E-state index contributed by atoms with van der Waals surface area (Å²) in [5.41, 5.74) is 1.57. The van der Waals surface area contributed by atoms with Crippen molar-refractivity contribution in [3.63, 3.8) is 0 Å². The Labute approximate surface area is 200 Å². The molecule has 1 aromatic heterocycles. The summed E-state index contributed by atoms with van der Waals surface area (Å²) in [6.45, 7) is 2.92. The number of aromatic nitrogens is 1. The monoisotopic (exact) mass is 510 g/mol. The zero-order valence-corrected chi connectivity index (χ0v) is 19.8. The molecule has 1 heterocycles. The minimum Gasteiger partial charge on any atom is -0.490 e. The van der Waals surface area contributed by atoms with Crippen molar-refractivity contribution in [3.8, 4) is 11.5 Å². The van der Waals surface area contributed by atoms with Gasteiger partial charge in [-0.2, -0.15) is 0 Å². The molecule has 10 heteroatoms. The Hall–Kier alpha value is -1.37. The summed E-state index contributed by atoms with van der Waals surface area (Å²) < 4.78 is 11.3. The Morgan fingerprint density at radius 3 is 2.37 bits per heavy atom. The quantitative estimate of drug-likeness (QED) is 0.137. The lowest BCUT2D eigenvalue weighted by molar-refractivity contribution is 0.135. The highest BCUT2D eigenvalue weighted by Gasteiger charge is 2.10. The molecule has 30 heavy (non-hydrogen) atoms. The average Bonchev–Trinajstić information content (AvgIpc) is 2.69. The third-order valence-corrected chi connectivity index (χ3v) is 4.78. The molecule has 0 radical (unpaired) electrons. The Morgan fingerprint density at radius 1 is 1.03 bits per heavy atom. The minimum atomic E-state index is 0.124. The third kappa shape index (κ3) is 8.78. The molecule has 0 aliphatic carbocycles. The first kappa shape index (κ1) is 24.9. The molecule has 0 amide bonds. The first-order chi connectivity index (χ1) is 14.4. The van der Waals surface area contributed by atoms with Crippen LogP contribution in [-0.2, 0) is 4.84 Å². The van der Waals surface area contributed by atoms with Crippen LogP contribution < -0.4 is 9.47 Å². The Balaban J connectivity index is 1.71. The number of rotatable bonds is 11. The first-order valence-electron chi connectivity index (χ1n) is 8.91. The molecular formula is C20H19Cl5N2O3. The van der Waals surface area contributed by atoms with E-state index in [4.69, 9.17) is 72.3 Å². The van der Waals surface area contributed by atoms with Gasteiger partial charge in [-0.1, -0.05) is 63.2 Å². The number of halogens is 5. The summed E-state index contributed by atoms with van der Waals surface area (Å²) in [5, 5.41) is 5.21. The van der Waals surface area contributed by atoms with Crippen molar-refractivity contribution in [3.05, 3.63) is 61.8 Å². The van der Waals surface area contributed by atoms with Crippen LogP contribution in [0, 0.1) is 0 Å². The van der Waals surface area contributed by atoms with Gasteiger partial charge in [-0.25, -0.2) is 4.98 Å². The topological polar surface area (TPSA) is 52.9 Å². The molecular weight excluding hydrogens is 493 g/mol. The van der Waals surface area contributed by atoms with Crippen LogP contribution in [0.1, 0.15) is 25.3 Å². The second-order valence-electron chi connectivity index (χ2n) is 5.96. The Morgan fingerprint density at radius 2 is 1.73 bits per heavy atom. The van der Waals surface area contributed by atoms with Gasteiger partial charge in [0.15, 0.2) is 5.75 Å². The van der Waals surface area contributed by atoms with E-state index in [9.17, 15) is 0 Å². The number of unbranched alkanes of at least 4 members (excludes halogenated alkanes) is 1. The van der Waals surface area contributed by atoms with Crippen molar-refractivity contribution in [2.75, 3.05) is 19.8 Å². The number of hydrogen-bond donors (Lipinski definition) is 0. The number of ether oxygens (including phenoxy) is 2. The smallest absolute Gasteiger partial charge is 0.156 e. The maximum absolute atomic E-state index is 6.23. The minimum absolute atomic E-state index is 0.124. The molecule has 0 saturated heterocycles. The fraction of sp³-hybridized carbons (Fsp3) is 0.300. The van der Waals surface area contributed by atoms with Crippen molar-refractivity contribution in [1.82, 2.24) is 4.98 Å². The lowest BCUT2D eigenvalue weighted by Gasteiger charge is -2.12. The van der Waals surface area contributed by atoms with Gasteiger partial charge in [0.1, 0.15) is 28.6 Å². The lowest BCUT2D eigenvalue weighted by atomic mass is 10.2. The molecule has 0 aliphatic rings. The average molecular weight is 513 g/mol. The van der Waals surface area contributed by atoms with E-state index in [0.29, 0.717) is 39.9 Å². The molecule has 0 spiro atoms. The number of nitrogens with zero attached hydrogens (tertiary/aromatic N) is 2. The fourth-order valence-electron chi connectivity index (χ4n) is 2.19. The summed E-state index contributed by atoms with van der Waals surface area (Å²) in [6.07, 6.45) is 4.64. The summed E-state index contributed by atoms with van der Waals surface area (Å²) >= 11 is 29.3. The van der Waals surface area contributed by atoms with Gasteiger partial charge < -0.3 is 14.3 Å². The molecule has 0 N–H and O–H groups in total. The number of hydrogen-bond acceptors (Lipinski definition) is 5. The van der Waals surface area contributed by atoms with Gasteiger partial charge in [0, 0.05) is 23.9 Å². The van der Waals surface area contributed by atoms with Crippen LogP contribution in [0.2, 0.25) is 15.2 Å². The van der Waals surface area contributed by atoms with Crippen LogP contribution in [0.4, 0.5) is 0 Å². The van der Waals surface area contributed by atoms with E-state index in [-0.39, 0.29) is 11.1 Å². The zero-order chi connectivity index (χ0) is 21.9. The number of benzene rings is 1. The maximum atomic E-state index is 6.23.